The van der Waals surface area contributed by atoms with Crippen molar-refractivity contribution in [2.75, 3.05) is 6.61 Å². The first-order valence-corrected chi connectivity index (χ1v) is 6.36. The average Bonchev–Trinajstić information content (AvgIpc) is 2.23. The summed E-state index contributed by atoms with van der Waals surface area (Å²) >= 11 is 3.55. The number of halogens is 1. The van der Waals surface area contributed by atoms with Gasteiger partial charge in [0.25, 0.3) is 0 Å². The van der Waals surface area contributed by atoms with Crippen molar-refractivity contribution in [1.29, 1.82) is 0 Å². The maximum absolute atomic E-state index is 10.5. The Morgan fingerprint density at radius 2 is 2.18 bits per heavy atom. The van der Waals surface area contributed by atoms with Gasteiger partial charge in [-0.15, -0.1) is 0 Å². The van der Waals surface area contributed by atoms with E-state index >= 15 is 0 Å². The van der Waals surface area contributed by atoms with Crippen LogP contribution in [0, 0.1) is 0 Å². The number of benzene rings is 1. The van der Waals surface area contributed by atoms with Crippen molar-refractivity contribution in [3.8, 4) is 0 Å². The zero-order valence-electron chi connectivity index (χ0n) is 9.36. The Labute approximate surface area is 109 Å². The monoisotopic (exact) mass is 298 g/mol. The molecule has 0 radical (unpaired) electrons. The molecule has 0 bridgehead atoms. The summed E-state index contributed by atoms with van der Waals surface area (Å²) in [4.78, 5) is 15.4. The van der Waals surface area contributed by atoms with Crippen LogP contribution >= 0.6 is 15.9 Å². The number of rotatable bonds is 5. The lowest BCUT2D eigenvalue weighted by molar-refractivity contribution is -0.126. The van der Waals surface area contributed by atoms with E-state index in [1.165, 1.54) is 5.56 Å². The van der Waals surface area contributed by atoms with Crippen LogP contribution in [0.25, 0.3) is 0 Å². The van der Waals surface area contributed by atoms with Gasteiger partial charge in [0.1, 0.15) is 6.61 Å². The standard InChI is InChI=1S/C12H15BrN2O2/c13-11-4-2-1-3-10(11)8-5-9(6-8)15-17-7-12(14)16/h1-4,8-9,15H,5-7H2,(H2,14,16). The summed E-state index contributed by atoms with van der Waals surface area (Å²) in [5, 5.41) is 0. The molecule has 3 N–H and O–H groups in total. The molecule has 1 saturated carbocycles. The number of nitrogens with one attached hydrogen (secondary N) is 1. The molecule has 17 heavy (non-hydrogen) atoms. The number of nitrogens with two attached hydrogens (primary N) is 1. The van der Waals surface area contributed by atoms with E-state index in [1.54, 1.807) is 0 Å². The Morgan fingerprint density at radius 3 is 2.82 bits per heavy atom. The van der Waals surface area contributed by atoms with Gasteiger partial charge in [-0.25, -0.2) is 0 Å². The van der Waals surface area contributed by atoms with Gasteiger partial charge < -0.3 is 5.73 Å². The molecule has 1 aliphatic rings. The van der Waals surface area contributed by atoms with Crippen molar-refractivity contribution in [2.45, 2.75) is 24.8 Å². The van der Waals surface area contributed by atoms with Crippen LogP contribution in [-0.2, 0) is 9.63 Å². The van der Waals surface area contributed by atoms with Gasteiger partial charge in [0, 0.05) is 10.5 Å². The summed E-state index contributed by atoms with van der Waals surface area (Å²) in [6, 6.07) is 8.56. The molecule has 2 rings (SSSR count). The van der Waals surface area contributed by atoms with Gasteiger partial charge in [-0.2, -0.15) is 5.48 Å². The summed E-state index contributed by atoms with van der Waals surface area (Å²) in [7, 11) is 0. The van der Waals surface area contributed by atoms with E-state index in [1.807, 2.05) is 12.1 Å². The summed E-state index contributed by atoms with van der Waals surface area (Å²) < 4.78 is 1.15. The number of amides is 1. The highest BCUT2D eigenvalue weighted by atomic mass is 79.9. The van der Waals surface area contributed by atoms with Crippen molar-refractivity contribution in [3.63, 3.8) is 0 Å². The molecule has 0 saturated heterocycles. The Balaban J connectivity index is 1.76. The van der Waals surface area contributed by atoms with Gasteiger partial charge in [0.2, 0.25) is 5.91 Å². The van der Waals surface area contributed by atoms with Crippen LogP contribution in [-0.4, -0.2) is 18.6 Å². The predicted molar refractivity (Wildman–Crippen MR) is 68.2 cm³/mol. The van der Waals surface area contributed by atoms with Gasteiger partial charge >= 0.3 is 0 Å². The smallest absolute Gasteiger partial charge is 0.245 e. The molecule has 0 spiro atoms. The largest absolute Gasteiger partial charge is 0.368 e. The summed E-state index contributed by atoms with van der Waals surface area (Å²) in [6.07, 6.45) is 2.03. The van der Waals surface area contributed by atoms with Crippen LogP contribution in [0.5, 0.6) is 0 Å². The molecule has 0 unspecified atom stereocenters. The third-order valence-corrected chi connectivity index (χ3v) is 3.67. The van der Waals surface area contributed by atoms with Gasteiger partial charge in [0.05, 0.1) is 0 Å². The highest BCUT2D eigenvalue weighted by Gasteiger charge is 2.31. The molecule has 1 fully saturated rings. The van der Waals surface area contributed by atoms with Gasteiger partial charge in [-0.05, 0) is 30.4 Å². The minimum Gasteiger partial charge on any atom is -0.368 e. The Hall–Kier alpha value is -0.910. The average molecular weight is 299 g/mol. The minimum atomic E-state index is -0.459. The molecule has 5 heteroatoms. The first-order chi connectivity index (χ1) is 8.16. The minimum absolute atomic E-state index is 0.0732. The number of hydroxylamine groups is 1. The van der Waals surface area contributed by atoms with Gasteiger partial charge in [-0.3, -0.25) is 9.63 Å². The van der Waals surface area contributed by atoms with Crippen molar-refractivity contribution in [1.82, 2.24) is 5.48 Å². The van der Waals surface area contributed by atoms with Crippen LogP contribution < -0.4 is 11.2 Å². The lowest BCUT2D eigenvalue weighted by Gasteiger charge is -2.36. The topological polar surface area (TPSA) is 64.4 Å². The van der Waals surface area contributed by atoms with Gasteiger partial charge in [-0.1, -0.05) is 34.1 Å². The van der Waals surface area contributed by atoms with E-state index in [4.69, 9.17) is 10.6 Å². The van der Waals surface area contributed by atoms with Crippen molar-refractivity contribution < 1.29 is 9.63 Å². The van der Waals surface area contributed by atoms with Crippen LogP contribution in [0.4, 0.5) is 0 Å². The van der Waals surface area contributed by atoms with Crippen molar-refractivity contribution in [3.05, 3.63) is 34.3 Å². The number of primary amides is 1. The first-order valence-electron chi connectivity index (χ1n) is 5.57. The second-order valence-corrected chi connectivity index (χ2v) is 5.11. The van der Waals surface area contributed by atoms with E-state index < -0.39 is 5.91 Å². The summed E-state index contributed by atoms with van der Waals surface area (Å²) in [6.45, 7) is -0.0732. The fourth-order valence-corrected chi connectivity index (χ4v) is 2.61. The predicted octanol–water partition coefficient (Wildman–Crippen LogP) is 1.70. The zero-order chi connectivity index (χ0) is 12.3. The second-order valence-electron chi connectivity index (χ2n) is 4.26. The summed E-state index contributed by atoms with van der Waals surface area (Å²) in [5.74, 6) is 0.0967. The molecule has 0 aromatic heterocycles. The fourth-order valence-electron chi connectivity index (χ4n) is 2.00. The van der Waals surface area contributed by atoms with Crippen molar-refractivity contribution in [2.24, 2.45) is 5.73 Å². The molecule has 4 nitrogen and oxygen atoms in total. The highest BCUT2D eigenvalue weighted by Crippen LogP contribution is 2.39. The fraction of sp³-hybridized carbons (Fsp3) is 0.417. The maximum Gasteiger partial charge on any atom is 0.245 e. The summed E-state index contributed by atoms with van der Waals surface area (Å²) in [5.41, 5.74) is 9.15. The first kappa shape index (κ1) is 12.5. The quantitative estimate of drug-likeness (QED) is 0.813. The lowest BCUT2D eigenvalue weighted by atomic mass is 9.76. The van der Waals surface area contributed by atoms with Crippen LogP contribution in [0.3, 0.4) is 0 Å². The third kappa shape index (κ3) is 3.28. The Morgan fingerprint density at radius 1 is 1.47 bits per heavy atom. The van der Waals surface area contributed by atoms with E-state index in [9.17, 15) is 4.79 Å². The van der Waals surface area contributed by atoms with Crippen LogP contribution in [0.1, 0.15) is 24.3 Å². The van der Waals surface area contributed by atoms with E-state index in [0.717, 1.165) is 17.3 Å². The lowest BCUT2D eigenvalue weighted by Crippen LogP contribution is -2.41. The van der Waals surface area contributed by atoms with Crippen LogP contribution in [0.2, 0.25) is 0 Å². The molecule has 1 aliphatic carbocycles. The van der Waals surface area contributed by atoms with Gasteiger partial charge in [0.15, 0.2) is 0 Å². The number of carbonyl (C=O) groups excluding carboxylic acids is 1. The number of carbonyl (C=O) groups is 1. The highest BCUT2D eigenvalue weighted by molar-refractivity contribution is 9.10. The van der Waals surface area contributed by atoms with E-state index in [2.05, 4.69) is 33.5 Å². The maximum atomic E-state index is 10.5. The molecule has 0 aliphatic heterocycles. The molecule has 0 heterocycles. The molecule has 1 amide bonds. The molecular weight excluding hydrogens is 284 g/mol. The molecule has 0 atom stereocenters. The van der Waals surface area contributed by atoms with E-state index in [0.29, 0.717) is 12.0 Å². The number of hydrogen-bond acceptors (Lipinski definition) is 3. The SMILES string of the molecule is NC(=O)CONC1CC(c2ccccc2Br)C1. The molecular formula is C12H15BrN2O2. The molecule has 1 aromatic rings. The molecule has 1 aromatic carbocycles. The van der Waals surface area contributed by atoms with E-state index in [-0.39, 0.29) is 6.61 Å². The normalized spacial score (nSPS) is 23.1. The Kier molecular flexibility index (Phi) is 4.15. The zero-order valence-corrected chi connectivity index (χ0v) is 10.9. The number of hydrogen-bond donors (Lipinski definition) is 2. The van der Waals surface area contributed by atoms with Crippen LogP contribution in [0.15, 0.2) is 28.7 Å². The molecule has 92 valence electrons. The third-order valence-electron chi connectivity index (χ3n) is 2.95. The Bertz CT molecular complexity index is 405. The van der Waals surface area contributed by atoms with Crippen molar-refractivity contribution >= 4 is 21.8 Å². The second kappa shape index (κ2) is 5.62.